The van der Waals surface area contributed by atoms with Crippen molar-refractivity contribution >= 4 is 11.3 Å². The normalized spacial score (nSPS) is 18.4. The number of thiophene rings is 1. The SMILES string of the molecule is CC(CCO)NC(C)c1cc2c(s1)CCC2. The van der Waals surface area contributed by atoms with E-state index in [1.165, 1.54) is 24.1 Å². The molecular formula is C13H21NOS. The fourth-order valence-electron chi connectivity index (χ4n) is 2.35. The predicted molar refractivity (Wildman–Crippen MR) is 69.1 cm³/mol. The Bertz CT molecular complexity index is 326. The lowest BCUT2D eigenvalue weighted by Gasteiger charge is -2.18. The first-order valence-corrected chi connectivity index (χ1v) is 7.00. The third-order valence-electron chi connectivity index (χ3n) is 3.29. The van der Waals surface area contributed by atoms with Crippen molar-refractivity contribution in [2.24, 2.45) is 0 Å². The number of fused-ring (bicyclic) bond motifs is 1. The van der Waals surface area contributed by atoms with E-state index >= 15 is 0 Å². The maximum atomic E-state index is 8.88. The van der Waals surface area contributed by atoms with E-state index in [1.54, 1.807) is 10.4 Å². The van der Waals surface area contributed by atoms with Gasteiger partial charge in [-0.25, -0.2) is 0 Å². The van der Waals surface area contributed by atoms with Crippen molar-refractivity contribution in [2.45, 2.75) is 51.6 Å². The fraction of sp³-hybridized carbons (Fsp3) is 0.692. The molecule has 2 rings (SSSR count). The summed E-state index contributed by atoms with van der Waals surface area (Å²) in [5, 5.41) is 12.4. The molecule has 0 amide bonds. The molecule has 2 N–H and O–H groups in total. The minimum absolute atomic E-state index is 0.266. The fourth-order valence-corrected chi connectivity index (χ4v) is 3.62. The van der Waals surface area contributed by atoms with Crippen molar-refractivity contribution in [1.82, 2.24) is 5.32 Å². The third kappa shape index (κ3) is 2.65. The zero-order chi connectivity index (χ0) is 11.5. The van der Waals surface area contributed by atoms with Gasteiger partial charge in [-0.3, -0.25) is 0 Å². The van der Waals surface area contributed by atoms with Gasteiger partial charge in [-0.1, -0.05) is 0 Å². The average molecular weight is 239 g/mol. The quantitative estimate of drug-likeness (QED) is 0.828. The molecule has 2 atom stereocenters. The van der Waals surface area contributed by atoms with Crippen molar-refractivity contribution in [2.75, 3.05) is 6.61 Å². The molecule has 1 aromatic heterocycles. The first kappa shape index (κ1) is 12.1. The Hall–Kier alpha value is -0.380. The summed E-state index contributed by atoms with van der Waals surface area (Å²) in [6, 6.07) is 3.17. The Labute approximate surface area is 102 Å². The lowest BCUT2D eigenvalue weighted by atomic mass is 10.1. The van der Waals surface area contributed by atoms with Gasteiger partial charge in [0.1, 0.15) is 0 Å². The molecule has 2 unspecified atom stereocenters. The summed E-state index contributed by atoms with van der Waals surface area (Å²) in [5.41, 5.74) is 1.57. The van der Waals surface area contributed by atoms with Gasteiger partial charge in [-0.2, -0.15) is 0 Å². The van der Waals surface area contributed by atoms with Gasteiger partial charge in [0.15, 0.2) is 0 Å². The molecule has 0 radical (unpaired) electrons. The van der Waals surface area contributed by atoms with Gasteiger partial charge < -0.3 is 10.4 Å². The molecule has 1 heterocycles. The van der Waals surface area contributed by atoms with Crippen molar-refractivity contribution in [1.29, 1.82) is 0 Å². The van der Waals surface area contributed by atoms with E-state index in [0.717, 1.165) is 6.42 Å². The topological polar surface area (TPSA) is 32.3 Å². The summed E-state index contributed by atoms with van der Waals surface area (Å²) in [6.07, 6.45) is 4.71. The average Bonchev–Trinajstić information content (AvgIpc) is 2.76. The highest BCUT2D eigenvalue weighted by molar-refractivity contribution is 7.12. The first-order valence-electron chi connectivity index (χ1n) is 6.19. The summed E-state index contributed by atoms with van der Waals surface area (Å²) in [7, 11) is 0. The number of hydrogen-bond donors (Lipinski definition) is 2. The third-order valence-corrected chi connectivity index (χ3v) is 4.71. The number of aryl methyl sites for hydroxylation is 2. The van der Waals surface area contributed by atoms with E-state index in [9.17, 15) is 0 Å². The Kier molecular flexibility index (Phi) is 4.00. The number of aliphatic hydroxyl groups is 1. The molecule has 1 aliphatic carbocycles. The summed E-state index contributed by atoms with van der Waals surface area (Å²) in [6.45, 7) is 4.62. The van der Waals surface area contributed by atoms with Crippen LogP contribution < -0.4 is 5.32 Å². The van der Waals surface area contributed by atoms with Gasteiger partial charge in [0.05, 0.1) is 0 Å². The predicted octanol–water partition coefficient (Wildman–Crippen LogP) is 2.66. The van der Waals surface area contributed by atoms with E-state index in [1.807, 2.05) is 11.3 Å². The molecule has 0 fully saturated rings. The molecular weight excluding hydrogens is 218 g/mol. The molecule has 0 aromatic carbocycles. The lowest BCUT2D eigenvalue weighted by molar-refractivity contribution is 0.265. The van der Waals surface area contributed by atoms with Gasteiger partial charge in [-0.15, -0.1) is 11.3 Å². The Balaban J connectivity index is 1.95. The van der Waals surface area contributed by atoms with Crippen molar-refractivity contribution in [3.63, 3.8) is 0 Å². The lowest BCUT2D eigenvalue weighted by Crippen LogP contribution is -2.29. The van der Waals surface area contributed by atoms with Gasteiger partial charge in [0.25, 0.3) is 0 Å². The maximum Gasteiger partial charge on any atom is 0.0445 e. The molecule has 0 aliphatic heterocycles. The molecule has 16 heavy (non-hydrogen) atoms. The van der Waals surface area contributed by atoms with Crippen LogP contribution in [-0.2, 0) is 12.8 Å². The van der Waals surface area contributed by atoms with Crippen LogP contribution in [0.1, 0.15) is 48.0 Å². The Morgan fingerprint density at radius 2 is 2.25 bits per heavy atom. The van der Waals surface area contributed by atoms with Crippen molar-refractivity contribution in [3.05, 3.63) is 21.4 Å². The molecule has 0 bridgehead atoms. The minimum Gasteiger partial charge on any atom is -0.396 e. The van der Waals surface area contributed by atoms with Crippen LogP contribution in [0.2, 0.25) is 0 Å². The monoisotopic (exact) mass is 239 g/mol. The number of aliphatic hydroxyl groups excluding tert-OH is 1. The van der Waals surface area contributed by atoms with Crippen LogP contribution in [0.4, 0.5) is 0 Å². The van der Waals surface area contributed by atoms with Gasteiger partial charge >= 0.3 is 0 Å². The van der Waals surface area contributed by atoms with Gasteiger partial charge in [0.2, 0.25) is 0 Å². The van der Waals surface area contributed by atoms with Crippen LogP contribution in [0, 0.1) is 0 Å². The molecule has 90 valence electrons. The standard InChI is InChI=1S/C13H21NOS/c1-9(6-7-15)14-10(2)13-8-11-4-3-5-12(11)16-13/h8-10,14-15H,3-7H2,1-2H3. The second-order valence-electron chi connectivity index (χ2n) is 4.75. The summed E-state index contributed by atoms with van der Waals surface area (Å²) in [5.74, 6) is 0. The van der Waals surface area contributed by atoms with E-state index in [4.69, 9.17) is 5.11 Å². The van der Waals surface area contributed by atoms with Crippen LogP contribution in [0.15, 0.2) is 6.07 Å². The second-order valence-corrected chi connectivity index (χ2v) is 5.92. The molecule has 0 spiro atoms. The number of rotatable bonds is 5. The molecule has 3 heteroatoms. The largest absolute Gasteiger partial charge is 0.396 e. The van der Waals surface area contributed by atoms with Crippen LogP contribution in [-0.4, -0.2) is 17.8 Å². The molecule has 1 aromatic rings. The smallest absolute Gasteiger partial charge is 0.0445 e. The second kappa shape index (κ2) is 5.30. The highest BCUT2D eigenvalue weighted by atomic mass is 32.1. The van der Waals surface area contributed by atoms with Gasteiger partial charge in [-0.05, 0) is 51.2 Å². The number of nitrogens with one attached hydrogen (secondary N) is 1. The summed E-state index contributed by atoms with van der Waals surface area (Å²) in [4.78, 5) is 3.05. The number of hydrogen-bond acceptors (Lipinski definition) is 3. The van der Waals surface area contributed by atoms with Crippen LogP contribution in [0.5, 0.6) is 0 Å². The Morgan fingerprint density at radius 3 is 2.94 bits per heavy atom. The van der Waals surface area contributed by atoms with Gasteiger partial charge in [0, 0.05) is 28.4 Å². The van der Waals surface area contributed by atoms with Crippen molar-refractivity contribution in [3.8, 4) is 0 Å². The van der Waals surface area contributed by atoms with Crippen LogP contribution >= 0.6 is 11.3 Å². The zero-order valence-corrected chi connectivity index (χ0v) is 10.9. The van der Waals surface area contributed by atoms with Crippen LogP contribution in [0.25, 0.3) is 0 Å². The molecule has 2 nitrogen and oxygen atoms in total. The minimum atomic E-state index is 0.266. The van der Waals surface area contributed by atoms with E-state index in [2.05, 4.69) is 25.2 Å². The van der Waals surface area contributed by atoms with E-state index in [-0.39, 0.29) is 6.61 Å². The summed E-state index contributed by atoms with van der Waals surface area (Å²) < 4.78 is 0. The highest BCUT2D eigenvalue weighted by Gasteiger charge is 2.18. The molecule has 0 saturated carbocycles. The highest BCUT2D eigenvalue weighted by Crippen LogP contribution is 2.33. The van der Waals surface area contributed by atoms with E-state index < -0.39 is 0 Å². The maximum absolute atomic E-state index is 8.88. The Morgan fingerprint density at radius 1 is 1.44 bits per heavy atom. The molecule has 0 saturated heterocycles. The van der Waals surface area contributed by atoms with E-state index in [0.29, 0.717) is 12.1 Å². The zero-order valence-electron chi connectivity index (χ0n) is 10.1. The van der Waals surface area contributed by atoms with Crippen molar-refractivity contribution < 1.29 is 5.11 Å². The first-order chi connectivity index (χ1) is 7.70. The molecule has 1 aliphatic rings. The van der Waals surface area contributed by atoms with Crippen LogP contribution in [0.3, 0.4) is 0 Å². The summed E-state index contributed by atoms with van der Waals surface area (Å²) >= 11 is 1.97.